The summed E-state index contributed by atoms with van der Waals surface area (Å²) in [6.45, 7) is 0.755. The van der Waals surface area contributed by atoms with Crippen molar-refractivity contribution in [2.75, 3.05) is 6.54 Å². The van der Waals surface area contributed by atoms with E-state index >= 15 is 0 Å². The fourth-order valence-electron chi connectivity index (χ4n) is 1.50. The molecule has 0 radical (unpaired) electrons. The van der Waals surface area contributed by atoms with Crippen LogP contribution in [0.3, 0.4) is 0 Å². The highest BCUT2D eigenvalue weighted by atomic mass is 16.2. The van der Waals surface area contributed by atoms with Gasteiger partial charge in [-0.1, -0.05) is 6.07 Å². The minimum absolute atomic E-state index is 0.00916. The summed E-state index contributed by atoms with van der Waals surface area (Å²) in [7, 11) is 0. The first-order valence-corrected chi connectivity index (χ1v) is 5.63. The summed E-state index contributed by atoms with van der Waals surface area (Å²) in [5.41, 5.74) is 1.22. The van der Waals surface area contributed by atoms with Crippen LogP contribution in [0.1, 0.15) is 24.1 Å². The largest absolute Gasteiger partial charge is 0.352 e. The van der Waals surface area contributed by atoms with Crippen molar-refractivity contribution in [1.82, 2.24) is 15.6 Å². The lowest BCUT2D eigenvalue weighted by Crippen LogP contribution is -2.34. The number of pyridine rings is 1. The summed E-state index contributed by atoms with van der Waals surface area (Å²) in [6, 6.07) is 6.02. The number of carbonyl (C=O) groups excluding carboxylic acids is 1. The molecule has 5 nitrogen and oxygen atoms in total. The molecule has 0 atom stereocenters. The van der Waals surface area contributed by atoms with E-state index in [-0.39, 0.29) is 12.5 Å². The molecule has 0 bridgehead atoms. The smallest absolute Gasteiger partial charge is 0.234 e. The molecule has 2 N–H and O–H groups in total. The number of amides is 1. The molecule has 88 valence electrons. The third-order valence-electron chi connectivity index (χ3n) is 2.54. The molecule has 1 aromatic heterocycles. The number of rotatable bonds is 5. The fraction of sp³-hybridized carbons (Fsp3) is 0.417. The molecule has 0 saturated heterocycles. The molecule has 2 rings (SSSR count). The van der Waals surface area contributed by atoms with Crippen molar-refractivity contribution in [2.45, 2.75) is 25.4 Å². The van der Waals surface area contributed by atoms with Gasteiger partial charge >= 0.3 is 0 Å². The van der Waals surface area contributed by atoms with Gasteiger partial charge < -0.3 is 10.6 Å². The molecule has 1 aliphatic carbocycles. The molecular weight excluding hydrogens is 216 g/mol. The molecule has 0 spiro atoms. The van der Waals surface area contributed by atoms with Crippen LogP contribution in [0.15, 0.2) is 18.3 Å². The summed E-state index contributed by atoms with van der Waals surface area (Å²) in [5.74, 6) is 0.00916. The minimum Gasteiger partial charge on any atom is -0.352 e. The Morgan fingerprint density at radius 2 is 2.41 bits per heavy atom. The standard InChI is InChI=1S/C12H14N4O/c13-6-11-9(2-1-5-15-11)7-14-8-12(17)16-10-3-4-10/h1-2,5,10,14H,3-4,7-8H2,(H,16,17). The highest BCUT2D eigenvalue weighted by Gasteiger charge is 2.22. The van der Waals surface area contributed by atoms with Crippen molar-refractivity contribution in [1.29, 1.82) is 5.26 Å². The van der Waals surface area contributed by atoms with Crippen molar-refractivity contribution >= 4 is 5.91 Å². The molecule has 0 aromatic carbocycles. The van der Waals surface area contributed by atoms with Gasteiger partial charge in [0.2, 0.25) is 5.91 Å². The number of nitriles is 1. The van der Waals surface area contributed by atoms with Gasteiger partial charge in [-0.25, -0.2) is 4.98 Å². The third kappa shape index (κ3) is 3.54. The Morgan fingerprint density at radius 3 is 3.12 bits per heavy atom. The number of carbonyl (C=O) groups is 1. The quantitative estimate of drug-likeness (QED) is 0.763. The van der Waals surface area contributed by atoms with E-state index in [1.54, 1.807) is 12.3 Å². The maximum Gasteiger partial charge on any atom is 0.234 e. The van der Waals surface area contributed by atoms with Gasteiger partial charge in [-0.2, -0.15) is 5.26 Å². The Morgan fingerprint density at radius 1 is 1.59 bits per heavy atom. The van der Waals surface area contributed by atoms with Crippen molar-refractivity contribution in [2.24, 2.45) is 0 Å². The van der Waals surface area contributed by atoms with E-state index in [2.05, 4.69) is 15.6 Å². The number of hydrogen-bond acceptors (Lipinski definition) is 4. The summed E-state index contributed by atoms with van der Waals surface area (Å²) < 4.78 is 0. The van der Waals surface area contributed by atoms with Gasteiger partial charge in [-0.05, 0) is 18.9 Å². The summed E-state index contributed by atoms with van der Waals surface area (Å²) in [4.78, 5) is 15.3. The topological polar surface area (TPSA) is 77.8 Å². The highest BCUT2D eigenvalue weighted by Crippen LogP contribution is 2.18. The van der Waals surface area contributed by atoms with E-state index in [1.165, 1.54) is 0 Å². The zero-order chi connectivity index (χ0) is 12.1. The summed E-state index contributed by atoms with van der Waals surface area (Å²) >= 11 is 0. The van der Waals surface area contributed by atoms with Crippen molar-refractivity contribution in [3.8, 4) is 6.07 Å². The van der Waals surface area contributed by atoms with Gasteiger partial charge in [0.05, 0.1) is 6.54 Å². The van der Waals surface area contributed by atoms with Crippen LogP contribution >= 0.6 is 0 Å². The lowest BCUT2D eigenvalue weighted by atomic mass is 10.2. The first-order chi connectivity index (χ1) is 8.29. The highest BCUT2D eigenvalue weighted by molar-refractivity contribution is 5.78. The van der Waals surface area contributed by atoms with Gasteiger partial charge in [-0.3, -0.25) is 4.79 Å². The van der Waals surface area contributed by atoms with Crippen LogP contribution in [0.4, 0.5) is 0 Å². The Kier molecular flexibility index (Phi) is 3.68. The summed E-state index contributed by atoms with van der Waals surface area (Å²) in [6.07, 6.45) is 3.77. The molecule has 5 heteroatoms. The first-order valence-electron chi connectivity index (χ1n) is 5.63. The van der Waals surface area contributed by atoms with E-state index in [9.17, 15) is 4.79 Å². The number of aromatic nitrogens is 1. The van der Waals surface area contributed by atoms with Crippen LogP contribution in [0.2, 0.25) is 0 Å². The second kappa shape index (κ2) is 5.41. The van der Waals surface area contributed by atoms with Gasteiger partial charge in [0.1, 0.15) is 11.8 Å². The fourth-order valence-corrected chi connectivity index (χ4v) is 1.50. The normalized spacial score (nSPS) is 14.1. The Balaban J connectivity index is 1.77. The predicted octanol–water partition coefficient (Wildman–Crippen LogP) is 0.321. The van der Waals surface area contributed by atoms with Crippen LogP contribution in [0, 0.1) is 11.3 Å². The molecular formula is C12H14N4O. The first kappa shape index (κ1) is 11.6. The molecule has 1 aliphatic rings. The van der Waals surface area contributed by atoms with E-state index in [0.717, 1.165) is 18.4 Å². The Labute approximate surface area is 99.9 Å². The molecule has 17 heavy (non-hydrogen) atoms. The number of nitrogens with zero attached hydrogens (tertiary/aromatic N) is 2. The van der Waals surface area contributed by atoms with E-state index < -0.39 is 0 Å². The summed E-state index contributed by atoms with van der Waals surface area (Å²) in [5, 5.41) is 14.7. The zero-order valence-corrected chi connectivity index (χ0v) is 9.44. The van der Waals surface area contributed by atoms with E-state index in [4.69, 9.17) is 5.26 Å². The minimum atomic E-state index is 0.00916. The maximum absolute atomic E-state index is 11.4. The molecule has 0 unspecified atom stereocenters. The number of hydrogen-bond donors (Lipinski definition) is 2. The van der Waals surface area contributed by atoms with Crippen LogP contribution in [-0.4, -0.2) is 23.5 Å². The molecule has 1 heterocycles. The Bertz CT molecular complexity index is 448. The van der Waals surface area contributed by atoms with Gasteiger partial charge in [0, 0.05) is 24.3 Å². The van der Waals surface area contributed by atoms with Gasteiger partial charge in [0.15, 0.2) is 0 Å². The maximum atomic E-state index is 11.4. The van der Waals surface area contributed by atoms with Crippen LogP contribution < -0.4 is 10.6 Å². The van der Waals surface area contributed by atoms with Crippen molar-refractivity contribution in [3.05, 3.63) is 29.6 Å². The van der Waals surface area contributed by atoms with Crippen molar-refractivity contribution < 1.29 is 4.79 Å². The zero-order valence-electron chi connectivity index (χ0n) is 9.44. The van der Waals surface area contributed by atoms with E-state index in [1.807, 2.05) is 12.1 Å². The lowest BCUT2D eigenvalue weighted by Gasteiger charge is -2.06. The molecule has 1 aromatic rings. The third-order valence-corrected chi connectivity index (χ3v) is 2.54. The predicted molar refractivity (Wildman–Crippen MR) is 61.8 cm³/mol. The van der Waals surface area contributed by atoms with Gasteiger partial charge in [-0.15, -0.1) is 0 Å². The molecule has 1 saturated carbocycles. The van der Waals surface area contributed by atoms with Crippen molar-refractivity contribution in [3.63, 3.8) is 0 Å². The monoisotopic (exact) mass is 230 g/mol. The van der Waals surface area contributed by atoms with Crippen LogP contribution in [0.25, 0.3) is 0 Å². The lowest BCUT2D eigenvalue weighted by molar-refractivity contribution is -0.120. The van der Waals surface area contributed by atoms with Crippen LogP contribution in [0.5, 0.6) is 0 Å². The van der Waals surface area contributed by atoms with Crippen LogP contribution in [-0.2, 0) is 11.3 Å². The average molecular weight is 230 g/mol. The van der Waals surface area contributed by atoms with Gasteiger partial charge in [0.25, 0.3) is 0 Å². The molecule has 0 aliphatic heterocycles. The molecule has 1 amide bonds. The average Bonchev–Trinajstić information content (AvgIpc) is 3.13. The second-order valence-electron chi connectivity index (χ2n) is 4.07. The molecule has 1 fully saturated rings. The Hall–Kier alpha value is -1.93. The number of nitrogens with one attached hydrogen (secondary N) is 2. The SMILES string of the molecule is N#Cc1ncccc1CNCC(=O)NC1CC1. The second-order valence-corrected chi connectivity index (χ2v) is 4.07. The van der Waals surface area contributed by atoms with E-state index in [0.29, 0.717) is 18.3 Å².